The second kappa shape index (κ2) is 10.6. The third-order valence-corrected chi connectivity index (χ3v) is 6.44. The molecule has 1 aliphatic rings. The summed E-state index contributed by atoms with van der Waals surface area (Å²) in [7, 11) is 2.04. The van der Waals surface area contributed by atoms with E-state index in [4.69, 9.17) is 9.97 Å². The topological polar surface area (TPSA) is 81.6 Å². The Kier molecular flexibility index (Phi) is 7.93. The monoisotopic (exact) mass is 429 g/mol. The van der Waals surface area contributed by atoms with E-state index >= 15 is 0 Å². The Balaban J connectivity index is 1.81. The average Bonchev–Trinajstić information content (AvgIpc) is 3.23. The van der Waals surface area contributed by atoms with Crippen LogP contribution in [-0.4, -0.2) is 66.4 Å². The number of carbonyl (C=O) groups excluding carboxylic acids is 1. The Morgan fingerprint density at radius 3 is 2.67 bits per heavy atom. The number of aliphatic hydroxyl groups is 1. The summed E-state index contributed by atoms with van der Waals surface area (Å²) in [6, 6.07) is 10.1. The fourth-order valence-electron chi connectivity index (χ4n) is 3.34. The summed E-state index contributed by atoms with van der Waals surface area (Å²) in [5.41, 5.74) is 2.14. The molecule has 1 aromatic heterocycles. The van der Waals surface area contributed by atoms with Crippen molar-refractivity contribution in [2.75, 3.05) is 54.2 Å². The number of fused-ring (bicyclic) bond motifs is 1. The number of hydrogen-bond donors (Lipinski definition) is 2. The molecule has 0 fully saturated rings. The molecule has 7 nitrogen and oxygen atoms in total. The predicted octanol–water partition coefficient (Wildman–Crippen LogP) is 2.70. The molecule has 1 unspecified atom stereocenters. The molecule has 1 aliphatic heterocycles. The van der Waals surface area contributed by atoms with Gasteiger partial charge in [0.25, 0.3) is 0 Å². The highest BCUT2D eigenvalue weighted by molar-refractivity contribution is 7.99. The Morgan fingerprint density at radius 2 is 2.00 bits per heavy atom. The van der Waals surface area contributed by atoms with Crippen LogP contribution in [0.3, 0.4) is 0 Å². The maximum atomic E-state index is 11.4. The molecule has 1 aromatic carbocycles. The number of thioether (sulfide) groups is 1. The zero-order chi connectivity index (χ0) is 21.5. The number of aryl methyl sites for hydroxylation is 1. The highest BCUT2D eigenvalue weighted by atomic mass is 32.2. The van der Waals surface area contributed by atoms with Crippen LogP contribution in [0.2, 0.25) is 0 Å². The van der Waals surface area contributed by atoms with Gasteiger partial charge in [-0.05, 0) is 18.1 Å². The van der Waals surface area contributed by atoms with Crippen LogP contribution >= 0.6 is 11.8 Å². The van der Waals surface area contributed by atoms with E-state index in [9.17, 15) is 9.90 Å². The number of nitrogens with one attached hydrogen (secondary N) is 1. The second-order valence-corrected chi connectivity index (χ2v) is 8.90. The van der Waals surface area contributed by atoms with Crippen molar-refractivity contribution < 1.29 is 9.90 Å². The van der Waals surface area contributed by atoms with E-state index in [1.165, 1.54) is 0 Å². The number of carbonyl (C=O) groups is 1. The molecule has 162 valence electrons. The van der Waals surface area contributed by atoms with Crippen LogP contribution in [0.15, 0.2) is 35.2 Å². The van der Waals surface area contributed by atoms with Crippen LogP contribution in [-0.2, 0) is 11.2 Å². The average molecular weight is 430 g/mol. The molecule has 0 radical (unpaired) electrons. The summed E-state index contributed by atoms with van der Waals surface area (Å²) >= 11 is 1.74. The maximum absolute atomic E-state index is 11.4. The first-order chi connectivity index (χ1) is 14.5. The molecule has 1 atom stereocenters. The third-order valence-electron chi connectivity index (χ3n) is 5.31. The van der Waals surface area contributed by atoms with E-state index in [2.05, 4.69) is 36.2 Å². The molecule has 0 aliphatic carbocycles. The van der Waals surface area contributed by atoms with Gasteiger partial charge in [0.15, 0.2) is 0 Å². The summed E-state index contributed by atoms with van der Waals surface area (Å²) in [4.78, 5) is 26.1. The number of anilines is 3. The number of nitrogens with zero attached hydrogens (tertiary/aromatic N) is 4. The number of para-hydroxylation sites is 1. The lowest BCUT2D eigenvalue weighted by molar-refractivity contribution is -0.106. The minimum Gasteiger partial charge on any atom is -0.394 e. The first kappa shape index (κ1) is 22.4. The van der Waals surface area contributed by atoms with E-state index in [-0.39, 0.29) is 25.1 Å². The number of likely N-dealkylation sites (N-methyl/N-ethyl adjacent to an activating group) is 1. The first-order valence-corrected chi connectivity index (χ1v) is 11.4. The minimum absolute atomic E-state index is 0.0381. The summed E-state index contributed by atoms with van der Waals surface area (Å²) in [5.74, 6) is 2.56. The molecule has 2 heterocycles. The largest absolute Gasteiger partial charge is 0.394 e. The fraction of sp³-hybridized carbons (Fsp3) is 0.500. The van der Waals surface area contributed by atoms with Gasteiger partial charge in [0, 0.05) is 38.0 Å². The molecule has 2 aromatic rings. The summed E-state index contributed by atoms with van der Waals surface area (Å²) in [6.07, 6.45) is 1.78. The van der Waals surface area contributed by atoms with Crippen LogP contribution in [0.4, 0.5) is 17.5 Å². The zero-order valence-electron chi connectivity index (χ0n) is 17.9. The Hall–Kier alpha value is -2.32. The van der Waals surface area contributed by atoms with Crippen molar-refractivity contribution in [2.45, 2.75) is 31.2 Å². The molecule has 0 amide bonds. The lowest BCUT2D eigenvalue weighted by Gasteiger charge is -2.27. The lowest BCUT2D eigenvalue weighted by atomic mass is 10.1. The van der Waals surface area contributed by atoms with Gasteiger partial charge in [-0.15, -0.1) is 11.8 Å². The molecule has 0 spiro atoms. The van der Waals surface area contributed by atoms with Gasteiger partial charge in [0.05, 0.1) is 29.8 Å². The van der Waals surface area contributed by atoms with Gasteiger partial charge in [-0.2, -0.15) is 4.98 Å². The van der Waals surface area contributed by atoms with Crippen LogP contribution in [0.1, 0.15) is 19.5 Å². The number of hydrogen-bond acceptors (Lipinski definition) is 8. The minimum atomic E-state index is -0.0817. The molecular formula is C22H31N5O2S. The molecule has 0 saturated carbocycles. The molecular weight excluding hydrogens is 398 g/mol. The number of aromatic nitrogens is 2. The highest BCUT2D eigenvalue weighted by Gasteiger charge is 2.24. The molecule has 2 N–H and O–H groups in total. The zero-order valence-corrected chi connectivity index (χ0v) is 18.7. The van der Waals surface area contributed by atoms with Gasteiger partial charge < -0.3 is 25.0 Å². The molecule has 30 heavy (non-hydrogen) atoms. The van der Waals surface area contributed by atoms with Crippen LogP contribution < -0.4 is 15.1 Å². The van der Waals surface area contributed by atoms with Gasteiger partial charge in [0.1, 0.15) is 12.1 Å². The second-order valence-electron chi connectivity index (χ2n) is 7.79. The first-order valence-electron chi connectivity index (χ1n) is 10.4. The van der Waals surface area contributed by atoms with Crippen molar-refractivity contribution in [2.24, 2.45) is 5.92 Å². The summed E-state index contributed by atoms with van der Waals surface area (Å²) in [6.45, 7) is 5.78. The Bertz CT molecular complexity index is 834. The van der Waals surface area contributed by atoms with Gasteiger partial charge in [-0.3, -0.25) is 0 Å². The van der Waals surface area contributed by atoms with Crippen molar-refractivity contribution in [3.63, 3.8) is 0 Å². The summed E-state index contributed by atoms with van der Waals surface area (Å²) in [5, 5.41) is 13.2. The smallest absolute Gasteiger partial charge is 0.228 e. The highest BCUT2D eigenvalue weighted by Crippen LogP contribution is 2.37. The number of aldehydes is 1. The predicted molar refractivity (Wildman–Crippen MR) is 124 cm³/mol. The fourth-order valence-corrected chi connectivity index (χ4v) is 4.39. The lowest BCUT2D eigenvalue weighted by Crippen LogP contribution is -2.36. The van der Waals surface area contributed by atoms with Gasteiger partial charge >= 0.3 is 0 Å². The number of aliphatic hydroxyl groups excluding tert-OH is 1. The van der Waals surface area contributed by atoms with Crippen LogP contribution in [0, 0.1) is 5.92 Å². The van der Waals surface area contributed by atoms with Crippen molar-refractivity contribution in [1.82, 2.24) is 9.97 Å². The van der Waals surface area contributed by atoms with Crippen LogP contribution in [0.5, 0.6) is 0 Å². The van der Waals surface area contributed by atoms with Crippen molar-refractivity contribution in [3.8, 4) is 0 Å². The molecule has 0 saturated heterocycles. The summed E-state index contributed by atoms with van der Waals surface area (Å²) < 4.78 is 0. The van der Waals surface area contributed by atoms with Crippen molar-refractivity contribution in [3.05, 3.63) is 36.0 Å². The quantitative estimate of drug-likeness (QED) is 0.528. The van der Waals surface area contributed by atoms with Gasteiger partial charge in [-0.25, -0.2) is 4.98 Å². The molecule has 0 bridgehead atoms. The molecule has 3 rings (SSSR count). The van der Waals surface area contributed by atoms with Crippen molar-refractivity contribution in [1.29, 1.82) is 0 Å². The number of benzene rings is 1. The maximum Gasteiger partial charge on any atom is 0.228 e. The van der Waals surface area contributed by atoms with E-state index < -0.39 is 0 Å². The third kappa shape index (κ3) is 5.43. The van der Waals surface area contributed by atoms with Gasteiger partial charge in [0.2, 0.25) is 5.95 Å². The Morgan fingerprint density at radius 1 is 1.23 bits per heavy atom. The normalized spacial score (nSPS) is 13.8. The van der Waals surface area contributed by atoms with E-state index in [0.29, 0.717) is 12.5 Å². The molecule has 8 heteroatoms. The SMILES string of the molecule is CC(C)C(CO)Nc1nc(N(CC=O)CCN(C)c2ccccc2)nc2c1SCC2. The van der Waals surface area contributed by atoms with Crippen LogP contribution in [0.25, 0.3) is 0 Å². The Labute approximate surface area is 182 Å². The standard InChI is InChI=1S/C22H31N5O2S/c1-16(2)19(15-29)23-21-20-18(9-14-30-20)24-22(25-21)27(12-13-28)11-10-26(3)17-7-5-4-6-8-17/h4-8,13,16,19,29H,9-12,14-15H2,1-3H3,(H,23,24,25). The van der Waals surface area contributed by atoms with E-state index in [1.54, 1.807) is 11.8 Å². The van der Waals surface area contributed by atoms with E-state index in [0.717, 1.165) is 47.1 Å². The van der Waals surface area contributed by atoms with E-state index in [1.807, 2.05) is 30.1 Å². The van der Waals surface area contributed by atoms with Gasteiger partial charge in [-0.1, -0.05) is 32.0 Å². The van der Waals surface area contributed by atoms with Crippen molar-refractivity contribution >= 4 is 35.5 Å². The number of rotatable bonds is 11.